The summed E-state index contributed by atoms with van der Waals surface area (Å²) in [6, 6.07) is 5.54. The van der Waals surface area contributed by atoms with E-state index in [4.69, 9.17) is 0 Å². The SMILES string of the molecule is C[C@]12CCC3c4ccc(O)cc4[C@H](O)C(CCCCCCCCCSCCCC(F)(F)C(F)(F)F)C3C1C[C@@H](O)C21CC1. The zero-order valence-corrected chi connectivity index (χ0v) is 26.2. The Kier molecular flexibility index (Phi) is 10.1. The lowest BCUT2D eigenvalue weighted by molar-refractivity contribution is -0.284. The molecule has 1 aromatic carbocycles. The quantitative estimate of drug-likeness (QED) is 0.141. The van der Waals surface area contributed by atoms with Crippen LogP contribution in [0.15, 0.2) is 18.2 Å². The van der Waals surface area contributed by atoms with Gasteiger partial charge in [0, 0.05) is 11.8 Å². The minimum Gasteiger partial charge on any atom is -0.508 e. The van der Waals surface area contributed by atoms with Crippen LogP contribution in [0.5, 0.6) is 5.75 Å². The van der Waals surface area contributed by atoms with Crippen molar-refractivity contribution in [2.24, 2.45) is 28.6 Å². The number of aliphatic hydroxyl groups is 2. The van der Waals surface area contributed by atoms with Crippen LogP contribution in [-0.2, 0) is 0 Å². The van der Waals surface area contributed by atoms with Crippen molar-refractivity contribution in [3.05, 3.63) is 29.3 Å². The summed E-state index contributed by atoms with van der Waals surface area (Å²) in [7, 11) is 0. The summed E-state index contributed by atoms with van der Waals surface area (Å²) in [6.45, 7) is 2.41. The van der Waals surface area contributed by atoms with Crippen molar-refractivity contribution >= 4 is 11.8 Å². The number of aromatic hydroxyl groups is 1. The molecule has 0 aromatic heterocycles. The Morgan fingerprint density at radius 2 is 1.51 bits per heavy atom. The van der Waals surface area contributed by atoms with Gasteiger partial charge in [-0.1, -0.05) is 51.5 Å². The highest BCUT2D eigenvalue weighted by Gasteiger charge is 2.71. The molecule has 4 aliphatic rings. The Hall–Kier alpha value is -1.06. The van der Waals surface area contributed by atoms with Crippen LogP contribution in [0.3, 0.4) is 0 Å². The number of hydrogen-bond acceptors (Lipinski definition) is 4. The predicted molar refractivity (Wildman–Crippen MR) is 160 cm³/mol. The van der Waals surface area contributed by atoms with Gasteiger partial charge in [0.25, 0.3) is 0 Å². The number of hydrogen-bond donors (Lipinski definition) is 3. The maximum Gasteiger partial charge on any atom is 0.453 e. The van der Waals surface area contributed by atoms with Crippen molar-refractivity contribution in [3.63, 3.8) is 0 Å². The molecule has 5 rings (SSSR count). The van der Waals surface area contributed by atoms with Crippen LogP contribution in [0.4, 0.5) is 22.0 Å². The van der Waals surface area contributed by atoms with E-state index in [9.17, 15) is 37.3 Å². The lowest BCUT2D eigenvalue weighted by atomic mass is 9.50. The molecule has 3 saturated carbocycles. The van der Waals surface area contributed by atoms with Gasteiger partial charge in [-0.15, -0.1) is 0 Å². The maximum atomic E-state index is 13.0. The van der Waals surface area contributed by atoms with Gasteiger partial charge in [0.2, 0.25) is 0 Å². The smallest absolute Gasteiger partial charge is 0.453 e. The number of benzene rings is 1. The first-order valence-electron chi connectivity index (χ1n) is 16.5. The van der Waals surface area contributed by atoms with Gasteiger partial charge in [0.1, 0.15) is 5.75 Å². The largest absolute Gasteiger partial charge is 0.508 e. The fourth-order valence-corrected chi connectivity index (χ4v) is 10.4. The number of thioether (sulfide) groups is 1. The monoisotopic (exact) mass is 632 g/mol. The van der Waals surface area contributed by atoms with Crippen LogP contribution in [0.1, 0.15) is 126 Å². The van der Waals surface area contributed by atoms with Crippen LogP contribution >= 0.6 is 11.8 Å². The van der Waals surface area contributed by atoms with E-state index in [0.29, 0.717) is 23.5 Å². The highest BCUT2D eigenvalue weighted by atomic mass is 32.2. The lowest BCUT2D eigenvalue weighted by Crippen LogP contribution is -2.47. The summed E-state index contributed by atoms with van der Waals surface area (Å²) in [5.74, 6) is -2.04. The Bertz CT molecular complexity index is 1090. The molecule has 0 aliphatic heterocycles. The van der Waals surface area contributed by atoms with Gasteiger partial charge in [-0.25, -0.2) is 0 Å². The predicted octanol–water partition coefficient (Wildman–Crippen LogP) is 9.55. The first-order chi connectivity index (χ1) is 20.3. The molecule has 0 bridgehead atoms. The van der Waals surface area contributed by atoms with E-state index in [1.54, 1.807) is 12.1 Å². The van der Waals surface area contributed by atoms with Crippen LogP contribution in [0.25, 0.3) is 0 Å². The number of alkyl halides is 5. The Labute approximate surface area is 257 Å². The van der Waals surface area contributed by atoms with E-state index in [0.717, 1.165) is 94.8 Å². The van der Waals surface area contributed by atoms with E-state index in [1.165, 1.54) is 17.3 Å². The zero-order valence-electron chi connectivity index (χ0n) is 25.4. The maximum absolute atomic E-state index is 13.0. The average molecular weight is 633 g/mol. The van der Waals surface area contributed by atoms with Crippen molar-refractivity contribution in [2.75, 3.05) is 11.5 Å². The van der Waals surface area contributed by atoms with E-state index in [-0.39, 0.29) is 35.0 Å². The van der Waals surface area contributed by atoms with Gasteiger partial charge >= 0.3 is 12.1 Å². The van der Waals surface area contributed by atoms with E-state index in [1.807, 2.05) is 6.07 Å². The molecular weight excluding hydrogens is 583 g/mol. The summed E-state index contributed by atoms with van der Waals surface area (Å²) in [5.41, 5.74) is 2.29. The minimum atomic E-state index is -5.46. The molecule has 0 radical (unpaired) electrons. The molecule has 3 nitrogen and oxygen atoms in total. The van der Waals surface area contributed by atoms with Crippen LogP contribution in [0.2, 0.25) is 0 Å². The zero-order chi connectivity index (χ0) is 31.0. The van der Waals surface area contributed by atoms with Crippen LogP contribution < -0.4 is 0 Å². The van der Waals surface area contributed by atoms with Gasteiger partial charge in [-0.05, 0) is 115 Å². The molecule has 7 atom stereocenters. The summed E-state index contributed by atoms with van der Waals surface area (Å²) in [4.78, 5) is 0. The summed E-state index contributed by atoms with van der Waals surface area (Å²) in [5, 5.41) is 33.1. The topological polar surface area (TPSA) is 60.7 Å². The molecule has 244 valence electrons. The molecule has 4 unspecified atom stereocenters. The first-order valence-corrected chi connectivity index (χ1v) is 17.7. The summed E-state index contributed by atoms with van der Waals surface area (Å²) < 4.78 is 62.6. The fraction of sp³-hybridized carbons (Fsp3) is 0.824. The van der Waals surface area contributed by atoms with Crippen molar-refractivity contribution in [1.82, 2.24) is 0 Å². The number of unbranched alkanes of at least 4 members (excludes halogenated alkanes) is 6. The lowest BCUT2D eigenvalue weighted by Gasteiger charge is -2.55. The number of phenolic OH excluding ortho intramolecular Hbond substituents is 1. The van der Waals surface area contributed by atoms with Crippen molar-refractivity contribution in [3.8, 4) is 5.75 Å². The molecule has 0 saturated heterocycles. The molecule has 4 aliphatic carbocycles. The van der Waals surface area contributed by atoms with Crippen molar-refractivity contribution < 1.29 is 37.3 Å². The number of aliphatic hydroxyl groups excluding tert-OH is 2. The third-order valence-electron chi connectivity index (χ3n) is 12.0. The van der Waals surface area contributed by atoms with Gasteiger partial charge < -0.3 is 15.3 Å². The molecule has 1 spiro atoms. The Balaban J connectivity index is 1.05. The second-order valence-corrected chi connectivity index (χ2v) is 15.5. The number of halogens is 5. The van der Waals surface area contributed by atoms with Gasteiger partial charge in [-0.2, -0.15) is 33.7 Å². The third kappa shape index (κ3) is 6.47. The second kappa shape index (κ2) is 13.0. The normalized spacial score (nSPS) is 32.8. The number of rotatable bonds is 14. The number of fused-ring (bicyclic) bond motifs is 6. The molecule has 3 N–H and O–H groups in total. The summed E-state index contributed by atoms with van der Waals surface area (Å²) >= 11 is 1.45. The van der Waals surface area contributed by atoms with E-state index in [2.05, 4.69) is 6.92 Å². The molecule has 3 fully saturated rings. The molecular formula is C34H49F5O3S. The number of phenols is 1. The standard InChI is InChI=1S/C34H49F5O3S/c1-31-15-13-24-23-12-11-22(40)20-26(23)30(42)25(29(24)27(31)21-28(41)32(31)16-17-32)10-7-5-3-2-4-6-8-18-43-19-9-14-33(35,36)34(37,38)39/h11-12,20,24-25,27-30,40-42H,2-10,13-19,21H2,1H3/t24?,25?,27?,28-,29?,30-,31+/m1/s1. The van der Waals surface area contributed by atoms with Gasteiger partial charge in [0.05, 0.1) is 12.2 Å². The highest BCUT2D eigenvalue weighted by molar-refractivity contribution is 7.99. The molecule has 0 amide bonds. The van der Waals surface area contributed by atoms with Gasteiger partial charge in [-0.3, -0.25) is 0 Å². The van der Waals surface area contributed by atoms with Crippen molar-refractivity contribution in [2.45, 2.75) is 133 Å². The molecule has 0 heterocycles. The van der Waals surface area contributed by atoms with Crippen molar-refractivity contribution in [1.29, 1.82) is 0 Å². The molecule has 1 aromatic rings. The molecule has 43 heavy (non-hydrogen) atoms. The average Bonchev–Trinajstić information content (AvgIpc) is 3.73. The minimum absolute atomic E-state index is 0.0771. The Morgan fingerprint density at radius 3 is 2.19 bits per heavy atom. The van der Waals surface area contributed by atoms with E-state index < -0.39 is 24.6 Å². The molecule has 9 heteroatoms. The highest BCUT2D eigenvalue weighted by Crippen LogP contribution is 2.76. The van der Waals surface area contributed by atoms with Crippen LogP contribution in [0, 0.1) is 28.6 Å². The first kappa shape index (κ1) is 33.3. The summed E-state index contributed by atoms with van der Waals surface area (Å²) in [6.07, 6.45) is 6.03. The van der Waals surface area contributed by atoms with Crippen LogP contribution in [-0.4, -0.2) is 45.0 Å². The van der Waals surface area contributed by atoms with Gasteiger partial charge in [0.15, 0.2) is 0 Å². The third-order valence-corrected chi connectivity index (χ3v) is 13.1. The van der Waals surface area contributed by atoms with E-state index >= 15 is 0 Å². The fourth-order valence-electron chi connectivity index (χ4n) is 9.47. The second-order valence-electron chi connectivity index (χ2n) is 14.3. The Morgan fingerprint density at radius 1 is 0.860 bits per heavy atom.